The van der Waals surface area contributed by atoms with E-state index in [-0.39, 0.29) is 0 Å². The quantitative estimate of drug-likeness (QED) is 0.308. The van der Waals surface area contributed by atoms with E-state index in [1.54, 1.807) is 0 Å². The Hall–Kier alpha value is -4.10. The summed E-state index contributed by atoms with van der Waals surface area (Å²) in [6.07, 6.45) is 8.25. The molecule has 0 saturated heterocycles. The Morgan fingerprint density at radius 3 is 1.71 bits per heavy atom. The third-order valence-corrected chi connectivity index (χ3v) is 6.75. The minimum Gasteiger partial charge on any atom is -0.310 e. The Labute approximate surface area is 202 Å². The van der Waals surface area contributed by atoms with Crippen LogP contribution in [0.15, 0.2) is 139 Å². The molecule has 0 radical (unpaired) electrons. The molecule has 0 atom stereocenters. The lowest BCUT2D eigenvalue weighted by molar-refractivity contribution is 0.792. The summed E-state index contributed by atoms with van der Waals surface area (Å²) >= 11 is 0. The SMILES string of the molecule is C1=C2C(=C(c3ccccc3)C=C(c3ccccc3)N2c2ccc(-c3ccccc3)cc2)CCC1. The molecule has 2 aliphatic rings. The molecule has 0 amide bonds. The van der Waals surface area contributed by atoms with Gasteiger partial charge in [0.1, 0.15) is 0 Å². The van der Waals surface area contributed by atoms with Crippen LogP contribution in [0.2, 0.25) is 0 Å². The van der Waals surface area contributed by atoms with E-state index in [1.807, 2.05) is 0 Å². The molecule has 0 aromatic heterocycles. The van der Waals surface area contributed by atoms with Crippen molar-refractivity contribution < 1.29 is 0 Å². The Bertz CT molecular complexity index is 1380. The summed E-state index contributed by atoms with van der Waals surface area (Å²) in [5.41, 5.74) is 11.6. The second kappa shape index (κ2) is 9.03. The average Bonchev–Trinajstić information content (AvgIpc) is 2.94. The molecule has 0 fully saturated rings. The Morgan fingerprint density at radius 1 is 0.500 bits per heavy atom. The van der Waals surface area contributed by atoms with E-state index in [4.69, 9.17) is 0 Å². The zero-order valence-electron chi connectivity index (χ0n) is 19.2. The van der Waals surface area contributed by atoms with E-state index < -0.39 is 0 Å². The first-order chi connectivity index (χ1) is 16.9. The number of benzene rings is 4. The van der Waals surface area contributed by atoms with E-state index in [0.29, 0.717) is 0 Å². The molecule has 1 heterocycles. The maximum atomic E-state index is 2.46. The van der Waals surface area contributed by atoms with E-state index in [0.717, 1.165) is 12.8 Å². The van der Waals surface area contributed by atoms with Crippen molar-refractivity contribution >= 4 is 17.0 Å². The van der Waals surface area contributed by atoms with Gasteiger partial charge in [-0.25, -0.2) is 0 Å². The molecule has 1 aliphatic carbocycles. The lowest BCUT2D eigenvalue weighted by Gasteiger charge is -2.38. The van der Waals surface area contributed by atoms with Crippen molar-refractivity contribution in [2.24, 2.45) is 0 Å². The van der Waals surface area contributed by atoms with Crippen LogP contribution in [-0.2, 0) is 0 Å². The fourth-order valence-corrected chi connectivity index (χ4v) is 5.09. The number of anilines is 1. The summed E-state index contributed by atoms with van der Waals surface area (Å²) in [5.74, 6) is 0. The molecule has 1 nitrogen and oxygen atoms in total. The Kier molecular flexibility index (Phi) is 5.45. The normalized spacial score (nSPS) is 15.5. The molecule has 1 heteroatoms. The minimum atomic E-state index is 1.10. The molecule has 0 saturated carbocycles. The van der Waals surface area contributed by atoms with Gasteiger partial charge in [-0.3, -0.25) is 0 Å². The van der Waals surface area contributed by atoms with Crippen LogP contribution in [0.1, 0.15) is 30.4 Å². The fourth-order valence-electron chi connectivity index (χ4n) is 5.09. The van der Waals surface area contributed by atoms with Gasteiger partial charge < -0.3 is 4.90 Å². The van der Waals surface area contributed by atoms with Gasteiger partial charge in [-0.15, -0.1) is 0 Å². The van der Waals surface area contributed by atoms with E-state index in [2.05, 4.69) is 132 Å². The van der Waals surface area contributed by atoms with Crippen molar-refractivity contribution in [3.8, 4) is 11.1 Å². The monoisotopic (exact) mass is 437 g/mol. The fraction of sp³-hybridized carbons (Fsp3) is 0.0909. The van der Waals surface area contributed by atoms with Crippen molar-refractivity contribution in [3.05, 3.63) is 150 Å². The van der Waals surface area contributed by atoms with Gasteiger partial charge in [0.15, 0.2) is 0 Å². The van der Waals surface area contributed by atoms with Gasteiger partial charge in [-0.05, 0) is 70.9 Å². The molecule has 34 heavy (non-hydrogen) atoms. The molecule has 0 unspecified atom stereocenters. The Balaban J connectivity index is 1.51. The molecule has 4 aromatic carbocycles. The first kappa shape index (κ1) is 20.5. The van der Waals surface area contributed by atoms with Crippen LogP contribution in [-0.4, -0.2) is 0 Å². The van der Waals surface area contributed by atoms with Gasteiger partial charge >= 0.3 is 0 Å². The molecule has 0 bridgehead atoms. The summed E-state index contributed by atoms with van der Waals surface area (Å²) in [6.45, 7) is 0. The van der Waals surface area contributed by atoms with Crippen molar-refractivity contribution in [1.29, 1.82) is 0 Å². The molecule has 4 aromatic rings. The molecule has 164 valence electrons. The lowest BCUT2D eigenvalue weighted by Crippen LogP contribution is -2.27. The standard InChI is InChI=1S/C33H27N/c1-4-12-25(13-5-1)26-20-22-29(23-21-26)34-32-19-11-10-18-30(32)31(27-14-6-2-7-15-27)24-33(34)28-16-8-3-9-17-28/h1-9,12-17,19-24H,10-11,18H2. The number of rotatable bonds is 4. The topological polar surface area (TPSA) is 3.24 Å². The van der Waals surface area contributed by atoms with Crippen LogP contribution in [0.3, 0.4) is 0 Å². The third-order valence-electron chi connectivity index (χ3n) is 6.75. The van der Waals surface area contributed by atoms with Crippen molar-refractivity contribution in [2.75, 3.05) is 4.90 Å². The first-order valence-electron chi connectivity index (χ1n) is 12.1. The summed E-state index contributed by atoms with van der Waals surface area (Å²) < 4.78 is 0. The van der Waals surface area contributed by atoms with Gasteiger partial charge in [-0.2, -0.15) is 0 Å². The maximum absolute atomic E-state index is 2.46. The summed E-state index contributed by atoms with van der Waals surface area (Å²) in [4.78, 5) is 2.46. The number of fused-ring (bicyclic) bond motifs is 1. The van der Waals surface area contributed by atoms with Crippen LogP contribution >= 0.6 is 0 Å². The third kappa shape index (κ3) is 3.80. The molecular weight excluding hydrogens is 410 g/mol. The van der Waals surface area contributed by atoms with Crippen LogP contribution in [0.25, 0.3) is 22.4 Å². The largest absolute Gasteiger partial charge is 0.310 e. The predicted molar refractivity (Wildman–Crippen MR) is 144 cm³/mol. The minimum absolute atomic E-state index is 1.10. The molecular formula is C33H27N. The summed E-state index contributed by atoms with van der Waals surface area (Å²) in [5, 5.41) is 0. The number of allylic oxidation sites excluding steroid dienone is 4. The van der Waals surface area contributed by atoms with Crippen molar-refractivity contribution in [3.63, 3.8) is 0 Å². The number of hydrogen-bond donors (Lipinski definition) is 0. The highest BCUT2D eigenvalue weighted by atomic mass is 15.2. The zero-order valence-corrected chi connectivity index (χ0v) is 19.2. The van der Waals surface area contributed by atoms with Crippen molar-refractivity contribution in [1.82, 2.24) is 0 Å². The lowest BCUT2D eigenvalue weighted by atomic mass is 9.85. The van der Waals surface area contributed by atoms with E-state index >= 15 is 0 Å². The van der Waals surface area contributed by atoms with Gasteiger partial charge in [0.2, 0.25) is 0 Å². The highest BCUT2D eigenvalue weighted by Crippen LogP contribution is 2.45. The Morgan fingerprint density at radius 2 is 1.06 bits per heavy atom. The van der Waals surface area contributed by atoms with Crippen LogP contribution in [0, 0.1) is 0 Å². The molecule has 1 aliphatic heterocycles. The highest BCUT2D eigenvalue weighted by Gasteiger charge is 2.29. The summed E-state index contributed by atoms with van der Waals surface area (Å²) in [6, 6.07) is 41.2. The van der Waals surface area contributed by atoms with Crippen LogP contribution in [0.5, 0.6) is 0 Å². The van der Waals surface area contributed by atoms with Gasteiger partial charge in [-0.1, -0.05) is 109 Å². The number of hydrogen-bond acceptors (Lipinski definition) is 1. The van der Waals surface area contributed by atoms with E-state index in [1.165, 1.54) is 56.9 Å². The predicted octanol–water partition coefficient (Wildman–Crippen LogP) is 8.74. The molecule has 0 spiro atoms. The molecule has 6 rings (SSSR count). The van der Waals surface area contributed by atoms with Gasteiger partial charge in [0.05, 0.1) is 5.70 Å². The second-order valence-corrected chi connectivity index (χ2v) is 8.88. The average molecular weight is 438 g/mol. The number of nitrogens with zero attached hydrogens (tertiary/aromatic N) is 1. The van der Waals surface area contributed by atoms with Crippen LogP contribution < -0.4 is 4.90 Å². The van der Waals surface area contributed by atoms with Crippen molar-refractivity contribution in [2.45, 2.75) is 19.3 Å². The smallest absolute Gasteiger partial charge is 0.0540 e. The highest BCUT2D eigenvalue weighted by molar-refractivity contribution is 5.98. The van der Waals surface area contributed by atoms with Gasteiger partial charge in [0, 0.05) is 11.4 Å². The second-order valence-electron chi connectivity index (χ2n) is 8.88. The van der Waals surface area contributed by atoms with Crippen LogP contribution in [0.4, 0.5) is 5.69 Å². The molecule has 0 N–H and O–H groups in total. The maximum Gasteiger partial charge on any atom is 0.0540 e. The zero-order chi connectivity index (χ0) is 22.7. The van der Waals surface area contributed by atoms with Gasteiger partial charge in [0.25, 0.3) is 0 Å². The van der Waals surface area contributed by atoms with E-state index in [9.17, 15) is 0 Å². The summed E-state index contributed by atoms with van der Waals surface area (Å²) in [7, 11) is 0. The first-order valence-corrected chi connectivity index (χ1v) is 12.1.